The van der Waals surface area contributed by atoms with E-state index in [-0.39, 0.29) is 18.4 Å². The average Bonchev–Trinajstić information content (AvgIpc) is 3.47. The van der Waals surface area contributed by atoms with Crippen molar-refractivity contribution in [1.29, 1.82) is 0 Å². The highest BCUT2D eigenvalue weighted by Gasteiger charge is 2.22. The second-order valence-corrected chi connectivity index (χ2v) is 8.11. The zero-order valence-corrected chi connectivity index (χ0v) is 20.3. The van der Waals surface area contributed by atoms with Gasteiger partial charge in [0.1, 0.15) is 12.4 Å². The standard InChI is InChI=1S/C14H20N2.C7H8FN.C6H8N2O/c1-12(14-9-6-10-16(14)2)15-11-13-7-4-3-5-8-13;1-2-6-4-3-5-9-7(6)8;1-2-3-5-7-4-6(9)8-5/h3-5,7-8,14-15H,1,6,9-11H2,2H3;3-5H,2H2,1H3;2H,1,3-4H2,(H,7,8,9). The molecular formula is C27H36FN5O. The van der Waals surface area contributed by atoms with E-state index in [0.717, 1.165) is 18.1 Å². The van der Waals surface area contributed by atoms with Gasteiger partial charge in [0.15, 0.2) is 0 Å². The molecule has 2 aromatic rings. The molecule has 1 saturated heterocycles. The van der Waals surface area contributed by atoms with Gasteiger partial charge in [-0.3, -0.25) is 14.7 Å². The van der Waals surface area contributed by atoms with Crippen molar-refractivity contribution in [2.45, 2.75) is 45.2 Å². The fourth-order valence-electron chi connectivity index (χ4n) is 3.62. The van der Waals surface area contributed by atoms with Gasteiger partial charge in [-0.05, 0) is 44.5 Å². The smallest absolute Gasteiger partial charge is 0.247 e. The summed E-state index contributed by atoms with van der Waals surface area (Å²) in [7, 11) is 2.17. The molecule has 0 bridgehead atoms. The number of pyridine rings is 1. The Labute approximate surface area is 202 Å². The third-order valence-electron chi connectivity index (χ3n) is 5.54. The molecular weight excluding hydrogens is 429 g/mol. The van der Waals surface area contributed by atoms with Crippen LogP contribution < -0.4 is 10.6 Å². The van der Waals surface area contributed by atoms with Crippen LogP contribution in [0.2, 0.25) is 0 Å². The molecule has 0 saturated carbocycles. The lowest BCUT2D eigenvalue weighted by molar-refractivity contribution is -0.117. The van der Waals surface area contributed by atoms with Crippen LogP contribution in [0.15, 0.2) is 78.6 Å². The number of amidine groups is 1. The first-order valence-corrected chi connectivity index (χ1v) is 11.6. The summed E-state index contributed by atoms with van der Waals surface area (Å²) in [6.45, 7) is 11.9. The van der Waals surface area contributed by atoms with Crippen molar-refractivity contribution in [2.24, 2.45) is 4.99 Å². The summed E-state index contributed by atoms with van der Waals surface area (Å²) in [6.07, 6.45) is 7.05. The summed E-state index contributed by atoms with van der Waals surface area (Å²) in [5, 5.41) is 6.03. The number of aliphatic imine (C=N–C) groups is 1. The largest absolute Gasteiger partial charge is 0.383 e. The van der Waals surface area contributed by atoms with Gasteiger partial charge in [0, 0.05) is 36.5 Å². The van der Waals surface area contributed by atoms with E-state index in [1.54, 1.807) is 18.2 Å². The Morgan fingerprint density at radius 1 is 1.29 bits per heavy atom. The maximum Gasteiger partial charge on any atom is 0.247 e. The molecule has 0 spiro atoms. The molecule has 3 heterocycles. The fraction of sp³-hybridized carbons (Fsp3) is 0.370. The number of halogens is 1. The Morgan fingerprint density at radius 3 is 2.59 bits per heavy atom. The summed E-state index contributed by atoms with van der Waals surface area (Å²) in [5.74, 6) is 0.363. The van der Waals surface area contributed by atoms with E-state index in [0.29, 0.717) is 24.4 Å². The highest BCUT2D eigenvalue weighted by atomic mass is 19.1. The average molecular weight is 466 g/mol. The number of nitrogens with zero attached hydrogens (tertiary/aromatic N) is 3. The summed E-state index contributed by atoms with van der Waals surface area (Å²) in [5.41, 5.74) is 3.14. The predicted molar refractivity (Wildman–Crippen MR) is 137 cm³/mol. The van der Waals surface area contributed by atoms with Crippen LogP contribution in [0.25, 0.3) is 0 Å². The van der Waals surface area contributed by atoms with E-state index in [4.69, 9.17) is 0 Å². The first-order chi connectivity index (χ1) is 16.4. The zero-order valence-electron chi connectivity index (χ0n) is 20.3. The van der Waals surface area contributed by atoms with Crippen molar-refractivity contribution in [3.05, 3.63) is 90.7 Å². The SMILES string of the molecule is C=C(NCc1ccccc1)C1CCCN1C.C=CCC1=NCC(=O)N1.CCc1cccnc1F. The third-order valence-corrected chi connectivity index (χ3v) is 5.54. The van der Waals surface area contributed by atoms with Gasteiger partial charge < -0.3 is 10.6 Å². The Morgan fingerprint density at radius 2 is 2.06 bits per heavy atom. The molecule has 2 N–H and O–H groups in total. The van der Waals surface area contributed by atoms with Crippen molar-refractivity contribution in [3.8, 4) is 0 Å². The number of carbonyl (C=O) groups is 1. The minimum atomic E-state index is -0.347. The van der Waals surface area contributed by atoms with E-state index in [1.807, 2.05) is 13.0 Å². The van der Waals surface area contributed by atoms with E-state index in [9.17, 15) is 9.18 Å². The zero-order chi connectivity index (χ0) is 24.8. The van der Waals surface area contributed by atoms with Crippen molar-refractivity contribution in [2.75, 3.05) is 20.1 Å². The molecule has 1 fully saturated rings. The number of amides is 1. The van der Waals surface area contributed by atoms with Crippen LogP contribution in [0, 0.1) is 5.95 Å². The number of carbonyl (C=O) groups excluding carboxylic acids is 1. The lowest BCUT2D eigenvalue weighted by Gasteiger charge is -2.22. The van der Waals surface area contributed by atoms with Gasteiger partial charge in [-0.15, -0.1) is 6.58 Å². The van der Waals surface area contributed by atoms with Crippen LogP contribution >= 0.6 is 0 Å². The van der Waals surface area contributed by atoms with Crippen LogP contribution in [0.5, 0.6) is 0 Å². The van der Waals surface area contributed by atoms with Gasteiger partial charge in [0.25, 0.3) is 0 Å². The molecule has 1 atom stereocenters. The predicted octanol–water partition coefficient (Wildman–Crippen LogP) is 4.26. The van der Waals surface area contributed by atoms with Crippen LogP contribution in [0.4, 0.5) is 4.39 Å². The highest BCUT2D eigenvalue weighted by molar-refractivity contribution is 6.04. The van der Waals surface area contributed by atoms with Gasteiger partial charge in [-0.25, -0.2) is 4.98 Å². The van der Waals surface area contributed by atoms with E-state index in [2.05, 4.69) is 70.0 Å². The molecule has 2 aliphatic rings. The molecule has 0 aliphatic carbocycles. The van der Waals surface area contributed by atoms with Crippen molar-refractivity contribution < 1.29 is 9.18 Å². The van der Waals surface area contributed by atoms with E-state index < -0.39 is 0 Å². The molecule has 2 aliphatic heterocycles. The molecule has 1 unspecified atom stereocenters. The number of likely N-dealkylation sites (N-methyl/N-ethyl adjacent to an activating group) is 1. The second kappa shape index (κ2) is 14.8. The minimum Gasteiger partial charge on any atom is -0.383 e. The number of aromatic nitrogens is 1. The lowest BCUT2D eigenvalue weighted by atomic mass is 10.1. The highest BCUT2D eigenvalue weighted by Crippen LogP contribution is 2.19. The fourth-order valence-corrected chi connectivity index (χ4v) is 3.62. The number of likely N-dealkylation sites (tertiary alicyclic amines) is 1. The Hall–Kier alpha value is -3.32. The van der Waals surface area contributed by atoms with E-state index >= 15 is 0 Å². The number of rotatable bonds is 7. The van der Waals surface area contributed by atoms with Crippen LogP contribution in [-0.2, 0) is 17.8 Å². The minimum absolute atomic E-state index is 0.0214. The molecule has 34 heavy (non-hydrogen) atoms. The monoisotopic (exact) mass is 465 g/mol. The number of aryl methyl sites for hydroxylation is 1. The van der Waals surface area contributed by atoms with Crippen molar-refractivity contribution in [3.63, 3.8) is 0 Å². The molecule has 1 aromatic carbocycles. The van der Waals surface area contributed by atoms with Gasteiger partial charge in [-0.1, -0.05) is 56.0 Å². The summed E-state index contributed by atoms with van der Waals surface area (Å²) >= 11 is 0. The maximum absolute atomic E-state index is 12.5. The van der Waals surface area contributed by atoms with Gasteiger partial charge >= 0.3 is 0 Å². The normalized spacial score (nSPS) is 16.9. The quantitative estimate of drug-likeness (QED) is 0.474. The summed E-state index contributed by atoms with van der Waals surface area (Å²) in [6, 6.07) is 14.5. The molecule has 6 nitrogen and oxygen atoms in total. The van der Waals surface area contributed by atoms with Crippen LogP contribution in [0.1, 0.15) is 37.3 Å². The van der Waals surface area contributed by atoms with Gasteiger partial charge in [0.2, 0.25) is 11.9 Å². The molecule has 1 amide bonds. The first-order valence-electron chi connectivity index (χ1n) is 11.6. The Bertz CT molecular complexity index is 961. The molecule has 0 radical (unpaired) electrons. The Kier molecular flexibility index (Phi) is 11.7. The van der Waals surface area contributed by atoms with Gasteiger partial charge in [-0.2, -0.15) is 4.39 Å². The lowest BCUT2D eigenvalue weighted by Crippen LogP contribution is -2.32. The molecule has 7 heteroatoms. The number of hydrogen-bond acceptors (Lipinski definition) is 5. The summed E-state index contributed by atoms with van der Waals surface area (Å²) < 4.78 is 12.5. The number of nitrogens with one attached hydrogen (secondary N) is 2. The summed E-state index contributed by atoms with van der Waals surface area (Å²) in [4.78, 5) is 20.2. The molecule has 4 rings (SSSR count). The van der Waals surface area contributed by atoms with E-state index in [1.165, 1.54) is 31.1 Å². The first kappa shape index (κ1) is 26.9. The second-order valence-electron chi connectivity index (χ2n) is 8.11. The number of benzene rings is 1. The Balaban J connectivity index is 0.000000194. The molecule has 182 valence electrons. The van der Waals surface area contributed by atoms with Crippen LogP contribution in [0.3, 0.4) is 0 Å². The number of hydrogen-bond donors (Lipinski definition) is 2. The third kappa shape index (κ3) is 9.27. The molecule has 1 aromatic heterocycles. The van der Waals surface area contributed by atoms with Gasteiger partial charge in [0.05, 0.1) is 0 Å². The topological polar surface area (TPSA) is 69.6 Å². The van der Waals surface area contributed by atoms with Crippen molar-refractivity contribution >= 4 is 11.7 Å². The van der Waals surface area contributed by atoms with Crippen molar-refractivity contribution in [1.82, 2.24) is 20.5 Å². The maximum atomic E-state index is 12.5. The van der Waals surface area contributed by atoms with Crippen LogP contribution in [-0.4, -0.2) is 47.8 Å².